The Morgan fingerprint density at radius 2 is 2.09 bits per heavy atom. The quantitative estimate of drug-likeness (QED) is 0.502. The standard InChI is InChI=1S/C7H12Cl3N/c1-2-3-4-11(6-8)5-7(9)10/h5H,2-4,6H2,1H3. The van der Waals surface area contributed by atoms with Gasteiger partial charge in [-0.2, -0.15) is 0 Å². The lowest BCUT2D eigenvalue weighted by atomic mass is 10.3. The van der Waals surface area contributed by atoms with E-state index in [2.05, 4.69) is 6.92 Å². The molecular weight excluding hydrogens is 204 g/mol. The molecule has 0 N–H and O–H groups in total. The van der Waals surface area contributed by atoms with Crippen molar-refractivity contribution in [2.75, 3.05) is 12.5 Å². The van der Waals surface area contributed by atoms with Gasteiger partial charge in [0.1, 0.15) is 4.49 Å². The molecule has 0 aliphatic rings. The molecule has 0 saturated carbocycles. The highest BCUT2D eigenvalue weighted by Gasteiger charge is 1.96. The second-order valence-corrected chi connectivity index (χ2v) is 3.45. The third-order valence-corrected chi connectivity index (χ3v) is 1.73. The van der Waals surface area contributed by atoms with Crippen LogP contribution in [0.1, 0.15) is 19.8 Å². The van der Waals surface area contributed by atoms with Crippen LogP contribution in [0.4, 0.5) is 0 Å². The number of rotatable bonds is 5. The molecule has 0 radical (unpaired) electrons. The van der Waals surface area contributed by atoms with Gasteiger partial charge in [-0.05, 0) is 6.42 Å². The molecule has 0 aliphatic heterocycles. The summed E-state index contributed by atoms with van der Waals surface area (Å²) in [5.41, 5.74) is 0. The lowest BCUT2D eigenvalue weighted by Gasteiger charge is -2.15. The fraction of sp³-hybridized carbons (Fsp3) is 0.714. The Bertz CT molecular complexity index is 121. The van der Waals surface area contributed by atoms with E-state index in [1.807, 2.05) is 4.90 Å². The van der Waals surface area contributed by atoms with Crippen LogP contribution in [0.3, 0.4) is 0 Å². The zero-order valence-corrected chi connectivity index (χ0v) is 8.75. The SMILES string of the molecule is CCCCN(C=C(Cl)Cl)CCl. The summed E-state index contributed by atoms with van der Waals surface area (Å²) >= 11 is 16.5. The van der Waals surface area contributed by atoms with Crippen molar-refractivity contribution in [3.05, 3.63) is 10.7 Å². The van der Waals surface area contributed by atoms with Gasteiger partial charge in [0.05, 0.1) is 6.00 Å². The minimum absolute atomic E-state index is 0.252. The average molecular weight is 217 g/mol. The fourth-order valence-corrected chi connectivity index (χ4v) is 1.12. The first-order valence-corrected chi connectivity index (χ1v) is 4.82. The van der Waals surface area contributed by atoms with Crippen molar-refractivity contribution < 1.29 is 0 Å². The Kier molecular flexibility index (Phi) is 7.34. The Labute approximate surface area is 82.9 Å². The molecule has 0 amide bonds. The summed E-state index contributed by atoms with van der Waals surface area (Å²) in [6, 6.07) is 0.433. The second kappa shape index (κ2) is 7.08. The number of halogens is 3. The lowest BCUT2D eigenvalue weighted by Crippen LogP contribution is -2.16. The molecule has 0 rings (SSSR count). The van der Waals surface area contributed by atoms with Crippen molar-refractivity contribution in [1.82, 2.24) is 4.90 Å². The molecule has 0 atom stereocenters. The molecule has 0 aromatic heterocycles. The summed E-state index contributed by atoms with van der Waals surface area (Å²) < 4.78 is 0.252. The van der Waals surface area contributed by atoms with Gasteiger partial charge in [0, 0.05) is 12.7 Å². The highest BCUT2D eigenvalue weighted by atomic mass is 35.5. The minimum atomic E-state index is 0.252. The summed E-state index contributed by atoms with van der Waals surface area (Å²) in [6.07, 6.45) is 3.89. The first-order valence-electron chi connectivity index (χ1n) is 3.53. The molecule has 0 fully saturated rings. The van der Waals surface area contributed by atoms with Crippen molar-refractivity contribution in [3.8, 4) is 0 Å². The Morgan fingerprint density at radius 3 is 2.45 bits per heavy atom. The van der Waals surface area contributed by atoms with Crippen LogP contribution >= 0.6 is 34.8 Å². The number of alkyl halides is 1. The highest BCUT2D eigenvalue weighted by Crippen LogP contribution is 2.09. The summed E-state index contributed by atoms with van der Waals surface area (Å²) in [7, 11) is 0. The maximum Gasteiger partial charge on any atom is 0.122 e. The van der Waals surface area contributed by atoms with Gasteiger partial charge in [0.2, 0.25) is 0 Å². The molecule has 1 nitrogen and oxygen atoms in total. The molecular formula is C7H12Cl3N. The van der Waals surface area contributed by atoms with Crippen LogP contribution in [0.2, 0.25) is 0 Å². The summed E-state index contributed by atoms with van der Waals surface area (Å²) in [4.78, 5) is 1.88. The molecule has 11 heavy (non-hydrogen) atoms. The number of hydrogen-bond donors (Lipinski definition) is 0. The van der Waals surface area contributed by atoms with Crippen LogP contribution in [0.25, 0.3) is 0 Å². The molecule has 0 aromatic rings. The molecule has 0 saturated heterocycles. The molecule has 0 bridgehead atoms. The van der Waals surface area contributed by atoms with E-state index < -0.39 is 0 Å². The van der Waals surface area contributed by atoms with Gasteiger partial charge in [0.25, 0.3) is 0 Å². The van der Waals surface area contributed by atoms with Gasteiger partial charge in [-0.25, -0.2) is 0 Å². The van der Waals surface area contributed by atoms with Crippen molar-refractivity contribution in [2.24, 2.45) is 0 Å². The van der Waals surface area contributed by atoms with E-state index in [0.717, 1.165) is 19.4 Å². The largest absolute Gasteiger partial charge is 0.362 e. The first kappa shape index (κ1) is 11.4. The van der Waals surface area contributed by atoms with Crippen LogP contribution < -0.4 is 0 Å². The normalized spacial score (nSPS) is 9.45. The van der Waals surface area contributed by atoms with E-state index in [1.165, 1.54) is 0 Å². The minimum Gasteiger partial charge on any atom is -0.362 e. The molecule has 0 heterocycles. The maximum atomic E-state index is 5.61. The summed E-state index contributed by atoms with van der Waals surface area (Å²) in [5.74, 6) is 0. The van der Waals surface area contributed by atoms with E-state index >= 15 is 0 Å². The number of hydrogen-bond acceptors (Lipinski definition) is 1. The molecule has 66 valence electrons. The first-order chi connectivity index (χ1) is 5.20. The number of nitrogens with zero attached hydrogens (tertiary/aromatic N) is 1. The summed E-state index contributed by atoms with van der Waals surface area (Å²) in [6.45, 7) is 3.03. The maximum absolute atomic E-state index is 5.61. The second-order valence-electron chi connectivity index (χ2n) is 2.20. The Morgan fingerprint density at radius 1 is 1.45 bits per heavy atom. The van der Waals surface area contributed by atoms with E-state index in [1.54, 1.807) is 6.20 Å². The van der Waals surface area contributed by atoms with Gasteiger partial charge in [0.15, 0.2) is 0 Å². The van der Waals surface area contributed by atoms with Gasteiger partial charge in [-0.1, -0.05) is 36.5 Å². The van der Waals surface area contributed by atoms with Gasteiger partial charge < -0.3 is 4.90 Å². The predicted octanol–water partition coefficient (Wildman–Crippen LogP) is 3.56. The average Bonchev–Trinajstić information content (AvgIpc) is 1.97. The Hall–Kier alpha value is 0.410. The molecule has 0 spiro atoms. The van der Waals surface area contributed by atoms with E-state index in [9.17, 15) is 0 Å². The van der Waals surface area contributed by atoms with Crippen molar-refractivity contribution in [2.45, 2.75) is 19.8 Å². The zero-order chi connectivity index (χ0) is 8.69. The van der Waals surface area contributed by atoms with Gasteiger partial charge in [-0.15, -0.1) is 11.6 Å². The van der Waals surface area contributed by atoms with Crippen LogP contribution in [-0.4, -0.2) is 17.4 Å². The number of unbranched alkanes of at least 4 members (excludes halogenated alkanes) is 1. The molecule has 0 aliphatic carbocycles. The topological polar surface area (TPSA) is 3.24 Å². The van der Waals surface area contributed by atoms with E-state index in [-0.39, 0.29) is 4.49 Å². The van der Waals surface area contributed by atoms with Crippen LogP contribution in [0.15, 0.2) is 10.7 Å². The zero-order valence-electron chi connectivity index (χ0n) is 6.49. The van der Waals surface area contributed by atoms with E-state index in [0.29, 0.717) is 6.00 Å². The van der Waals surface area contributed by atoms with Crippen LogP contribution in [0, 0.1) is 0 Å². The third kappa shape index (κ3) is 6.79. The monoisotopic (exact) mass is 215 g/mol. The smallest absolute Gasteiger partial charge is 0.122 e. The van der Waals surface area contributed by atoms with Crippen LogP contribution in [-0.2, 0) is 0 Å². The fourth-order valence-electron chi connectivity index (χ4n) is 0.658. The predicted molar refractivity (Wildman–Crippen MR) is 52.1 cm³/mol. The molecule has 0 aromatic carbocycles. The van der Waals surface area contributed by atoms with Crippen molar-refractivity contribution >= 4 is 34.8 Å². The van der Waals surface area contributed by atoms with Crippen LogP contribution in [0.5, 0.6) is 0 Å². The highest BCUT2D eigenvalue weighted by molar-refractivity contribution is 6.55. The van der Waals surface area contributed by atoms with Gasteiger partial charge in [-0.3, -0.25) is 0 Å². The lowest BCUT2D eigenvalue weighted by molar-refractivity contribution is 0.422. The van der Waals surface area contributed by atoms with Crippen molar-refractivity contribution in [3.63, 3.8) is 0 Å². The molecule has 4 heteroatoms. The Balaban J connectivity index is 3.67. The third-order valence-electron chi connectivity index (χ3n) is 1.23. The van der Waals surface area contributed by atoms with Crippen molar-refractivity contribution in [1.29, 1.82) is 0 Å². The van der Waals surface area contributed by atoms with E-state index in [4.69, 9.17) is 34.8 Å². The molecule has 0 unspecified atom stereocenters. The summed E-state index contributed by atoms with van der Waals surface area (Å²) in [5, 5.41) is 0. The van der Waals surface area contributed by atoms with Gasteiger partial charge >= 0.3 is 0 Å².